The average Bonchev–Trinajstić information content (AvgIpc) is 2.24. The molecule has 1 fully saturated rings. The van der Waals surface area contributed by atoms with Crippen LogP contribution in [0.4, 0.5) is 0 Å². The van der Waals surface area contributed by atoms with Crippen molar-refractivity contribution >= 4 is 5.91 Å². The van der Waals surface area contributed by atoms with Crippen LogP contribution in [-0.2, 0) is 4.79 Å². The lowest BCUT2D eigenvalue weighted by atomic mass is 9.77. The van der Waals surface area contributed by atoms with Crippen molar-refractivity contribution in [2.75, 3.05) is 13.1 Å². The molecule has 0 spiro atoms. The molecule has 2 unspecified atom stereocenters. The molecule has 2 atom stereocenters. The molecule has 1 aliphatic rings. The molecule has 3 heteroatoms. The van der Waals surface area contributed by atoms with Gasteiger partial charge in [0.2, 0.25) is 5.91 Å². The van der Waals surface area contributed by atoms with Crippen LogP contribution in [0.1, 0.15) is 47.0 Å². The monoisotopic (exact) mass is 226 g/mol. The Balaban J connectivity index is 2.46. The smallest absolute Gasteiger partial charge is 0.237 e. The standard InChI is InChI=1S/C13H26N2O/c1-5-10(2)9-15-12(16)11-13(3,4)7-6-8-14-11/h10-11,14H,5-9H2,1-4H3,(H,15,16). The minimum atomic E-state index is -0.0229. The second kappa shape index (κ2) is 5.67. The van der Waals surface area contributed by atoms with Crippen LogP contribution in [0.2, 0.25) is 0 Å². The van der Waals surface area contributed by atoms with Crippen molar-refractivity contribution in [3.8, 4) is 0 Å². The first-order valence-corrected chi connectivity index (χ1v) is 6.48. The van der Waals surface area contributed by atoms with Gasteiger partial charge in [-0.05, 0) is 30.7 Å². The van der Waals surface area contributed by atoms with Crippen LogP contribution in [0, 0.1) is 11.3 Å². The van der Waals surface area contributed by atoms with Crippen molar-refractivity contribution in [2.24, 2.45) is 11.3 Å². The second-order valence-electron chi connectivity index (χ2n) is 5.74. The van der Waals surface area contributed by atoms with E-state index in [0.29, 0.717) is 5.92 Å². The van der Waals surface area contributed by atoms with Crippen LogP contribution in [0.3, 0.4) is 0 Å². The van der Waals surface area contributed by atoms with Crippen LogP contribution in [0.5, 0.6) is 0 Å². The van der Waals surface area contributed by atoms with Crippen LogP contribution in [-0.4, -0.2) is 25.0 Å². The van der Waals surface area contributed by atoms with Crippen LogP contribution in [0.15, 0.2) is 0 Å². The molecule has 0 saturated carbocycles. The largest absolute Gasteiger partial charge is 0.354 e. The first kappa shape index (κ1) is 13.5. The average molecular weight is 226 g/mol. The maximum atomic E-state index is 12.1. The Hall–Kier alpha value is -0.570. The maximum absolute atomic E-state index is 12.1. The Morgan fingerprint density at radius 2 is 2.25 bits per heavy atom. The van der Waals surface area contributed by atoms with Crippen LogP contribution >= 0.6 is 0 Å². The third kappa shape index (κ3) is 3.48. The summed E-state index contributed by atoms with van der Waals surface area (Å²) in [5.74, 6) is 0.737. The fourth-order valence-corrected chi connectivity index (χ4v) is 2.18. The van der Waals surface area contributed by atoms with E-state index in [4.69, 9.17) is 0 Å². The van der Waals surface area contributed by atoms with Gasteiger partial charge >= 0.3 is 0 Å². The van der Waals surface area contributed by atoms with Gasteiger partial charge in [0.15, 0.2) is 0 Å². The predicted molar refractivity (Wildman–Crippen MR) is 67.3 cm³/mol. The van der Waals surface area contributed by atoms with E-state index in [-0.39, 0.29) is 17.4 Å². The summed E-state index contributed by atoms with van der Waals surface area (Å²) in [5, 5.41) is 6.40. The first-order chi connectivity index (χ1) is 7.47. The molecule has 2 N–H and O–H groups in total. The van der Waals surface area contributed by atoms with Gasteiger partial charge in [0.25, 0.3) is 0 Å². The highest BCUT2D eigenvalue weighted by molar-refractivity contribution is 5.82. The normalized spacial score (nSPS) is 26.1. The predicted octanol–water partition coefficient (Wildman–Crippen LogP) is 1.93. The van der Waals surface area contributed by atoms with E-state index in [0.717, 1.165) is 25.9 Å². The Labute approximate surface area is 99.4 Å². The van der Waals surface area contributed by atoms with Crippen molar-refractivity contribution in [2.45, 2.75) is 53.0 Å². The second-order valence-corrected chi connectivity index (χ2v) is 5.74. The van der Waals surface area contributed by atoms with Crippen LogP contribution < -0.4 is 10.6 Å². The molecule has 0 radical (unpaired) electrons. The summed E-state index contributed by atoms with van der Waals surface area (Å²) in [6, 6.07) is -0.0229. The Morgan fingerprint density at radius 1 is 1.56 bits per heavy atom. The highest BCUT2D eigenvalue weighted by Crippen LogP contribution is 2.30. The Kier molecular flexibility index (Phi) is 4.78. The van der Waals surface area contributed by atoms with Gasteiger partial charge in [-0.15, -0.1) is 0 Å². The summed E-state index contributed by atoms with van der Waals surface area (Å²) in [5.41, 5.74) is 0.0811. The lowest BCUT2D eigenvalue weighted by molar-refractivity contribution is -0.126. The number of hydrogen-bond acceptors (Lipinski definition) is 2. The highest BCUT2D eigenvalue weighted by atomic mass is 16.2. The maximum Gasteiger partial charge on any atom is 0.237 e. The molecule has 0 aliphatic carbocycles. The number of carbonyl (C=O) groups is 1. The van der Waals surface area contributed by atoms with Gasteiger partial charge in [-0.25, -0.2) is 0 Å². The van der Waals surface area contributed by atoms with Gasteiger partial charge < -0.3 is 10.6 Å². The minimum absolute atomic E-state index is 0.0229. The van der Waals surface area contributed by atoms with Gasteiger partial charge in [0.1, 0.15) is 0 Å². The number of rotatable bonds is 4. The fraction of sp³-hybridized carbons (Fsp3) is 0.923. The quantitative estimate of drug-likeness (QED) is 0.769. The zero-order valence-corrected chi connectivity index (χ0v) is 11.1. The molecule has 0 aromatic heterocycles. The van der Waals surface area contributed by atoms with E-state index < -0.39 is 0 Å². The van der Waals surface area contributed by atoms with E-state index in [2.05, 4.69) is 38.3 Å². The number of amides is 1. The van der Waals surface area contributed by atoms with Crippen molar-refractivity contribution in [3.63, 3.8) is 0 Å². The van der Waals surface area contributed by atoms with E-state index in [1.165, 1.54) is 6.42 Å². The molecular formula is C13H26N2O. The zero-order chi connectivity index (χ0) is 12.2. The molecule has 1 rings (SSSR count). The molecule has 1 heterocycles. The lowest BCUT2D eigenvalue weighted by Gasteiger charge is -2.38. The van der Waals surface area contributed by atoms with E-state index in [1.807, 2.05) is 0 Å². The van der Waals surface area contributed by atoms with Crippen molar-refractivity contribution < 1.29 is 4.79 Å². The molecular weight excluding hydrogens is 200 g/mol. The number of carbonyl (C=O) groups excluding carboxylic acids is 1. The molecule has 3 nitrogen and oxygen atoms in total. The Morgan fingerprint density at radius 3 is 2.81 bits per heavy atom. The molecule has 0 bridgehead atoms. The number of hydrogen-bond donors (Lipinski definition) is 2. The van der Waals surface area contributed by atoms with Gasteiger partial charge in [-0.3, -0.25) is 4.79 Å². The molecule has 0 aromatic rings. The van der Waals surface area contributed by atoms with Gasteiger partial charge in [-0.1, -0.05) is 34.1 Å². The summed E-state index contributed by atoms with van der Waals surface area (Å²) in [4.78, 5) is 12.1. The molecule has 1 aliphatic heterocycles. The summed E-state index contributed by atoms with van der Waals surface area (Å²) in [6.45, 7) is 10.4. The highest BCUT2D eigenvalue weighted by Gasteiger charge is 2.36. The summed E-state index contributed by atoms with van der Waals surface area (Å²) in [6.07, 6.45) is 3.41. The minimum Gasteiger partial charge on any atom is -0.354 e. The molecule has 0 aromatic carbocycles. The SMILES string of the molecule is CCC(C)CNC(=O)C1NCCCC1(C)C. The van der Waals surface area contributed by atoms with Crippen molar-refractivity contribution in [1.29, 1.82) is 0 Å². The molecule has 1 amide bonds. The van der Waals surface area contributed by atoms with Gasteiger partial charge in [0.05, 0.1) is 6.04 Å². The van der Waals surface area contributed by atoms with E-state index in [9.17, 15) is 4.79 Å². The number of nitrogens with one attached hydrogen (secondary N) is 2. The zero-order valence-electron chi connectivity index (χ0n) is 11.1. The van der Waals surface area contributed by atoms with Crippen LogP contribution in [0.25, 0.3) is 0 Å². The first-order valence-electron chi connectivity index (χ1n) is 6.48. The van der Waals surface area contributed by atoms with Crippen molar-refractivity contribution in [1.82, 2.24) is 10.6 Å². The Bertz CT molecular complexity index is 238. The summed E-state index contributed by atoms with van der Waals surface area (Å²) >= 11 is 0. The summed E-state index contributed by atoms with van der Waals surface area (Å²) < 4.78 is 0. The topological polar surface area (TPSA) is 41.1 Å². The third-order valence-electron chi connectivity index (χ3n) is 3.71. The lowest BCUT2D eigenvalue weighted by Crippen LogP contribution is -2.56. The van der Waals surface area contributed by atoms with Gasteiger partial charge in [-0.2, -0.15) is 0 Å². The van der Waals surface area contributed by atoms with E-state index >= 15 is 0 Å². The van der Waals surface area contributed by atoms with Gasteiger partial charge in [0, 0.05) is 6.54 Å². The van der Waals surface area contributed by atoms with E-state index in [1.54, 1.807) is 0 Å². The summed E-state index contributed by atoms with van der Waals surface area (Å²) in [7, 11) is 0. The third-order valence-corrected chi connectivity index (χ3v) is 3.71. The van der Waals surface area contributed by atoms with Crippen molar-refractivity contribution in [3.05, 3.63) is 0 Å². The molecule has 16 heavy (non-hydrogen) atoms. The molecule has 94 valence electrons. The molecule has 1 saturated heterocycles. The fourth-order valence-electron chi connectivity index (χ4n) is 2.18. The number of piperidine rings is 1.